The van der Waals surface area contributed by atoms with E-state index in [1.54, 1.807) is 42.5 Å². The summed E-state index contributed by atoms with van der Waals surface area (Å²) in [5.41, 5.74) is 1.32. The lowest BCUT2D eigenvalue weighted by atomic mass is 10.1. The minimum Gasteiger partial charge on any atom is -0.490 e. The van der Waals surface area contributed by atoms with Crippen molar-refractivity contribution >= 4 is 23.4 Å². The quantitative estimate of drug-likeness (QED) is 0.601. The van der Waals surface area contributed by atoms with Crippen LogP contribution in [-0.4, -0.2) is 42.4 Å². The van der Waals surface area contributed by atoms with E-state index in [0.717, 1.165) is 17.7 Å². The second-order valence-electron chi connectivity index (χ2n) is 6.96. The highest BCUT2D eigenvalue weighted by Crippen LogP contribution is 2.31. The molecule has 7 nitrogen and oxygen atoms in total. The van der Waals surface area contributed by atoms with E-state index < -0.39 is 0 Å². The number of anilines is 1. The molecule has 158 valence electrons. The van der Waals surface area contributed by atoms with Gasteiger partial charge in [0, 0.05) is 24.7 Å². The highest BCUT2D eigenvalue weighted by molar-refractivity contribution is 6.21. The van der Waals surface area contributed by atoms with Crippen molar-refractivity contribution in [3.63, 3.8) is 0 Å². The molecule has 0 bridgehead atoms. The predicted octanol–water partition coefficient (Wildman–Crippen LogP) is 3.89. The van der Waals surface area contributed by atoms with Crippen molar-refractivity contribution in [3.05, 3.63) is 53.6 Å². The molecule has 3 rings (SSSR count). The van der Waals surface area contributed by atoms with E-state index >= 15 is 0 Å². The van der Waals surface area contributed by atoms with Crippen LogP contribution in [0.4, 0.5) is 5.69 Å². The third kappa shape index (κ3) is 4.79. The minimum absolute atomic E-state index is 0.00467. The number of nitrogens with zero attached hydrogens (tertiary/aromatic N) is 1. The second-order valence-corrected chi connectivity index (χ2v) is 6.96. The Balaban J connectivity index is 1.61. The van der Waals surface area contributed by atoms with Gasteiger partial charge >= 0.3 is 0 Å². The number of hydrogen-bond acceptors (Lipinski definition) is 5. The van der Waals surface area contributed by atoms with Gasteiger partial charge < -0.3 is 14.8 Å². The molecule has 0 aromatic heterocycles. The summed E-state index contributed by atoms with van der Waals surface area (Å²) in [6.07, 6.45) is 1.73. The third-order valence-electron chi connectivity index (χ3n) is 4.59. The van der Waals surface area contributed by atoms with Crippen molar-refractivity contribution in [2.75, 3.05) is 25.1 Å². The van der Waals surface area contributed by atoms with Crippen LogP contribution in [0.3, 0.4) is 0 Å². The SMILES string of the molecule is CCCOc1ccc(NC(=O)CCN2C(=O)c3ccccc3C2=O)cc1OCCC. The van der Waals surface area contributed by atoms with Crippen molar-refractivity contribution in [3.8, 4) is 11.5 Å². The Hall–Kier alpha value is -3.35. The fraction of sp³-hybridized carbons (Fsp3) is 0.348. The van der Waals surface area contributed by atoms with Gasteiger partial charge in [-0.25, -0.2) is 0 Å². The Morgan fingerprint density at radius 2 is 1.50 bits per heavy atom. The summed E-state index contributed by atoms with van der Waals surface area (Å²) < 4.78 is 11.4. The Morgan fingerprint density at radius 1 is 0.900 bits per heavy atom. The predicted molar refractivity (Wildman–Crippen MR) is 113 cm³/mol. The second kappa shape index (κ2) is 9.91. The van der Waals surface area contributed by atoms with Gasteiger partial charge in [-0.3, -0.25) is 19.3 Å². The first kappa shape index (κ1) is 21.4. The van der Waals surface area contributed by atoms with Gasteiger partial charge in [-0.1, -0.05) is 26.0 Å². The van der Waals surface area contributed by atoms with E-state index in [1.807, 2.05) is 13.8 Å². The monoisotopic (exact) mass is 410 g/mol. The number of carbonyl (C=O) groups excluding carboxylic acids is 3. The van der Waals surface area contributed by atoms with Crippen LogP contribution in [0.2, 0.25) is 0 Å². The van der Waals surface area contributed by atoms with Crippen LogP contribution in [0.1, 0.15) is 53.8 Å². The molecule has 2 aromatic rings. The minimum atomic E-state index is -0.365. The number of carbonyl (C=O) groups is 3. The number of amides is 3. The lowest BCUT2D eigenvalue weighted by Crippen LogP contribution is -2.32. The van der Waals surface area contributed by atoms with Gasteiger partial charge in [-0.05, 0) is 37.1 Å². The highest BCUT2D eigenvalue weighted by atomic mass is 16.5. The molecule has 0 spiro atoms. The molecule has 1 N–H and O–H groups in total. The third-order valence-corrected chi connectivity index (χ3v) is 4.59. The summed E-state index contributed by atoms with van der Waals surface area (Å²) >= 11 is 0. The first-order valence-corrected chi connectivity index (χ1v) is 10.2. The zero-order chi connectivity index (χ0) is 21.5. The van der Waals surface area contributed by atoms with Gasteiger partial charge in [0.05, 0.1) is 24.3 Å². The molecule has 0 saturated carbocycles. The van der Waals surface area contributed by atoms with Gasteiger partial charge in [-0.15, -0.1) is 0 Å². The number of fused-ring (bicyclic) bond motifs is 1. The van der Waals surface area contributed by atoms with Crippen LogP contribution < -0.4 is 14.8 Å². The van der Waals surface area contributed by atoms with Crippen LogP contribution in [0, 0.1) is 0 Å². The molecular formula is C23H26N2O5. The smallest absolute Gasteiger partial charge is 0.261 e. The molecule has 1 aliphatic heterocycles. The van der Waals surface area contributed by atoms with Crippen LogP contribution in [0.25, 0.3) is 0 Å². The fourth-order valence-corrected chi connectivity index (χ4v) is 3.12. The maximum absolute atomic E-state index is 12.4. The molecule has 0 radical (unpaired) electrons. The van der Waals surface area contributed by atoms with Crippen molar-refractivity contribution in [2.45, 2.75) is 33.1 Å². The summed E-state index contributed by atoms with van der Waals surface area (Å²) in [5, 5.41) is 2.79. The lowest BCUT2D eigenvalue weighted by molar-refractivity contribution is -0.116. The first-order valence-electron chi connectivity index (χ1n) is 10.2. The van der Waals surface area contributed by atoms with Crippen LogP contribution in [-0.2, 0) is 4.79 Å². The molecule has 0 unspecified atom stereocenters. The summed E-state index contributed by atoms with van der Waals surface area (Å²) in [7, 11) is 0. The zero-order valence-electron chi connectivity index (χ0n) is 17.3. The molecule has 0 fully saturated rings. The van der Waals surface area contributed by atoms with E-state index in [1.165, 1.54) is 0 Å². The molecule has 1 aliphatic rings. The molecule has 2 aromatic carbocycles. The van der Waals surface area contributed by atoms with E-state index in [0.29, 0.717) is 41.5 Å². The molecule has 7 heteroatoms. The van der Waals surface area contributed by atoms with Gasteiger partial charge in [0.2, 0.25) is 5.91 Å². The summed E-state index contributed by atoms with van der Waals surface area (Å²) in [6.45, 7) is 5.18. The first-order chi connectivity index (χ1) is 14.5. The number of rotatable bonds is 10. The Morgan fingerprint density at radius 3 is 2.10 bits per heavy atom. The van der Waals surface area contributed by atoms with Crippen molar-refractivity contribution < 1.29 is 23.9 Å². The van der Waals surface area contributed by atoms with Crippen molar-refractivity contribution in [1.29, 1.82) is 0 Å². The summed E-state index contributed by atoms with van der Waals surface area (Å²) in [6, 6.07) is 11.9. The number of ether oxygens (including phenoxy) is 2. The maximum Gasteiger partial charge on any atom is 0.261 e. The van der Waals surface area contributed by atoms with Crippen LogP contribution in [0.15, 0.2) is 42.5 Å². The van der Waals surface area contributed by atoms with E-state index in [-0.39, 0.29) is 30.7 Å². The van der Waals surface area contributed by atoms with Gasteiger partial charge in [-0.2, -0.15) is 0 Å². The molecule has 1 heterocycles. The van der Waals surface area contributed by atoms with E-state index in [4.69, 9.17) is 9.47 Å². The molecular weight excluding hydrogens is 384 g/mol. The number of hydrogen-bond donors (Lipinski definition) is 1. The van der Waals surface area contributed by atoms with Crippen LogP contribution >= 0.6 is 0 Å². The summed E-state index contributed by atoms with van der Waals surface area (Å²) in [4.78, 5) is 38.3. The number of imide groups is 1. The maximum atomic E-state index is 12.4. The molecule has 3 amide bonds. The van der Waals surface area contributed by atoms with E-state index in [9.17, 15) is 14.4 Å². The molecule has 30 heavy (non-hydrogen) atoms. The zero-order valence-corrected chi connectivity index (χ0v) is 17.3. The lowest BCUT2D eigenvalue weighted by Gasteiger charge is -2.15. The number of nitrogens with one attached hydrogen (secondary N) is 1. The Labute approximate surface area is 176 Å². The Kier molecular flexibility index (Phi) is 7.06. The van der Waals surface area contributed by atoms with Gasteiger partial charge in [0.25, 0.3) is 11.8 Å². The largest absolute Gasteiger partial charge is 0.490 e. The fourth-order valence-electron chi connectivity index (χ4n) is 3.12. The van der Waals surface area contributed by atoms with Gasteiger partial charge in [0.15, 0.2) is 11.5 Å². The van der Waals surface area contributed by atoms with Crippen molar-refractivity contribution in [2.24, 2.45) is 0 Å². The Bertz CT molecular complexity index is 906. The summed E-state index contributed by atoms with van der Waals surface area (Å²) in [5.74, 6) is 0.181. The highest BCUT2D eigenvalue weighted by Gasteiger charge is 2.34. The topological polar surface area (TPSA) is 84.9 Å². The number of benzene rings is 2. The molecule has 0 saturated heterocycles. The van der Waals surface area contributed by atoms with Crippen molar-refractivity contribution in [1.82, 2.24) is 4.90 Å². The van der Waals surface area contributed by atoms with Crippen LogP contribution in [0.5, 0.6) is 11.5 Å². The normalized spacial score (nSPS) is 12.7. The molecule has 0 aliphatic carbocycles. The van der Waals surface area contributed by atoms with Gasteiger partial charge in [0.1, 0.15) is 0 Å². The standard InChI is InChI=1S/C23H26N2O5/c1-3-13-29-19-10-9-16(15-20(19)30-14-4-2)24-21(26)11-12-25-22(27)17-7-5-6-8-18(17)23(25)28/h5-10,15H,3-4,11-14H2,1-2H3,(H,24,26). The van der Waals surface area contributed by atoms with E-state index in [2.05, 4.69) is 5.32 Å². The molecule has 0 atom stereocenters. The average molecular weight is 410 g/mol. The average Bonchev–Trinajstić information content (AvgIpc) is 3.00.